The van der Waals surface area contributed by atoms with E-state index in [0.29, 0.717) is 6.54 Å². The van der Waals surface area contributed by atoms with E-state index in [1.807, 2.05) is 13.2 Å². The fourth-order valence-corrected chi connectivity index (χ4v) is 3.11. The first kappa shape index (κ1) is 15.9. The van der Waals surface area contributed by atoms with Crippen LogP contribution in [0.5, 0.6) is 0 Å². The number of nitrogens with one attached hydrogen (secondary N) is 1. The standard InChI is InChI=1S/C11H16N2O4S2/c1-8(7-18-2)5-13-19(16,17)10-4-3-9(6-12-10)11(14)15/h3-4,6,8,13H,5,7H2,1-2H3,(H,14,15). The first-order valence-electron chi connectivity index (χ1n) is 5.54. The summed E-state index contributed by atoms with van der Waals surface area (Å²) in [4.78, 5) is 14.3. The molecule has 0 amide bonds. The van der Waals surface area contributed by atoms with E-state index in [2.05, 4.69) is 9.71 Å². The summed E-state index contributed by atoms with van der Waals surface area (Å²) in [6, 6.07) is 2.40. The molecule has 1 aromatic rings. The highest BCUT2D eigenvalue weighted by molar-refractivity contribution is 7.98. The number of carbonyl (C=O) groups is 1. The number of rotatable bonds is 7. The number of sulfonamides is 1. The molecule has 8 heteroatoms. The Bertz CT molecular complexity index is 528. The molecule has 106 valence electrons. The molecule has 2 N–H and O–H groups in total. The SMILES string of the molecule is CSCC(C)CNS(=O)(=O)c1ccc(C(=O)O)cn1. The van der Waals surface area contributed by atoms with Gasteiger partial charge in [-0.05, 0) is 30.1 Å². The number of hydrogen-bond acceptors (Lipinski definition) is 5. The largest absolute Gasteiger partial charge is 0.478 e. The van der Waals surface area contributed by atoms with Gasteiger partial charge >= 0.3 is 5.97 Å². The Morgan fingerprint density at radius 1 is 1.53 bits per heavy atom. The number of carboxylic acid groups (broad SMARTS) is 1. The Labute approximate surface area is 116 Å². The van der Waals surface area contributed by atoms with Gasteiger partial charge in [-0.2, -0.15) is 11.8 Å². The van der Waals surface area contributed by atoms with Crippen molar-refractivity contribution in [3.8, 4) is 0 Å². The third-order valence-corrected chi connectivity index (χ3v) is 4.57. The van der Waals surface area contributed by atoms with Crippen LogP contribution in [0.25, 0.3) is 0 Å². The van der Waals surface area contributed by atoms with Crippen molar-refractivity contribution in [2.45, 2.75) is 11.9 Å². The van der Waals surface area contributed by atoms with Gasteiger partial charge in [-0.3, -0.25) is 0 Å². The zero-order valence-electron chi connectivity index (χ0n) is 10.7. The molecule has 19 heavy (non-hydrogen) atoms. The highest BCUT2D eigenvalue weighted by atomic mass is 32.2. The monoisotopic (exact) mass is 304 g/mol. The third-order valence-electron chi connectivity index (χ3n) is 2.33. The lowest BCUT2D eigenvalue weighted by Gasteiger charge is -2.11. The van der Waals surface area contributed by atoms with Crippen LogP contribution in [-0.2, 0) is 10.0 Å². The Hall–Kier alpha value is -1.12. The van der Waals surface area contributed by atoms with Gasteiger partial charge < -0.3 is 5.11 Å². The lowest BCUT2D eigenvalue weighted by atomic mass is 10.2. The minimum Gasteiger partial charge on any atom is -0.478 e. The van der Waals surface area contributed by atoms with Crippen LogP contribution >= 0.6 is 11.8 Å². The van der Waals surface area contributed by atoms with Crippen molar-refractivity contribution in [1.29, 1.82) is 0 Å². The predicted molar refractivity (Wildman–Crippen MR) is 73.9 cm³/mol. The molecule has 0 aromatic carbocycles. The van der Waals surface area contributed by atoms with Gasteiger partial charge in [0.1, 0.15) is 0 Å². The maximum absolute atomic E-state index is 11.9. The van der Waals surface area contributed by atoms with Crippen LogP contribution in [0.3, 0.4) is 0 Å². The summed E-state index contributed by atoms with van der Waals surface area (Å²) in [6.07, 6.45) is 2.99. The number of aromatic nitrogens is 1. The quantitative estimate of drug-likeness (QED) is 0.782. The van der Waals surface area contributed by atoms with Crippen LogP contribution in [0.15, 0.2) is 23.4 Å². The van der Waals surface area contributed by atoms with Crippen LogP contribution in [0, 0.1) is 5.92 Å². The van der Waals surface area contributed by atoms with Crippen molar-refractivity contribution < 1.29 is 18.3 Å². The summed E-state index contributed by atoms with van der Waals surface area (Å²) in [6.45, 7) is 2.27. The van der Waals surface area contributed by atoms with Crippen LogP contribution in [0.2, 0.25) is 0 Å². The molecule has 0 aliphatic carbocycles. The molecule has 0 fully saturated rings. The number of carboxylic acids is 1. The summed E-state index contributed by atoms with van der Waals surface area (Å²) in [7, 11) is -3.68. The number of pyridine rings is 1. The Morgan fingerprint density at radius 3 is 2.68 bits per heavy atom. The molecular weight excluding hydrogens is 288 g/mol. The van der Waals surface area contributed by atoms with Crippen LogP contribution in [-0.4, -0.2) is 43.0 Å². The van der Waals surface area contributed by atoms with Crippen LogP contribution < -0.4 is 4.72 Å². The Morgan fingerprint density at radius 2 is 2.21 bits per heavy atom. The smallest absolute Gasteiger partial charge is 0.337 e. The van der Waals surface area contributed by atoms with Crippen molar-refractivity contribution in [1.82, 2.24) is 9.71 Å². The predicted octanol–water partition coefficient (Wildman–Crippen LogP) is 1.06. The molecule has 0 saturated carbocycles. The topological polar surface area (TPSA) is 96.4 Å². The second-order valence-corrected chi connectivity index (χ2v) is 6.73. The zero-order chi connectivity index (χ0) is 14.5. The minimum absolute atomic E-state index is 0.0466. The van der Waals surface area contributed by atoms with E-state index in [1.165, 1.54) is 12.1 Å². The molecule has 0 radical (unpaired) electrons. The first-order valence-corrected chi connectivity index (χ1v) is 8.42. The maximum Gasteiger partial charge on any atom is 0.337 e. The molecule has 0 aliphatic rings. The summed E-state index contributed by atoms with van der Waals surface area (Å²) >= 11 is 1.65. The van der Waals surface area contributed by atoms with Gasteiger partial charge in [-0.15, -0.1) is 0 Å². The van der Waals surface area contributed by atoms with Crippen LogP contribution in [0.4, 0.5) is 0 Å². The van der Waals surface area contributed by atoms with E-state index in [4.69, 9.17) is 5.11 Å². The third kappa shape index (κ3) is 4.81. The van der Waals surface area contributed by atoms with E-state index in [1.54, 1.807) is 11.8 Å². The summed E-state index contributed by atoms with van der Waals surface area (Å²) in [5.74, 6) is -0.0745. The molecule has 1 heterocycles. The molecule has 6 nitrogen and oxygen atoms in total. The second-order valence-electron chi connectivity index (χ2n) is 4.10. The van der Waals surface area contributed by atoms with Gasteiger partial charge in [0.05, 0.1) is 5.56 Å². The highest BCUT2D eigenvalue weighted by Crippen LogP contribution is 2.08. The molecule has 1 atom stereocenters. The minimum atomic E-state index is -3.68. The highest BCUT2D eigenvalue weighted by Gasteiger charge is 2.17. The Balaban J connectivity index is 2.74. The van der Waals surface area contributed by atoms with Gasteiger partial charge in [-0.25, -0.2) is 22.9 Å². The van der Waals surface area contributed by atoms with Gasteiger partial charge in [0, 0.05) is 12.7 Å². The molecule has 0 spiro atoms. The van der Waals surface area contributed by atoms with E-state index in [0.717, 1.165) is 11.9 Å². The van der Waals surface area contributed by atoms with Gasteiger partial charge in [-0.1, -0.05) is 6.92 Å². The maximum atomic E-state index is 11.9. The normalized spacial score (nSPS) is 13.2. The number of aromatic carboxylic acids is 1. The lowest BCUT2D eigenvalue weighted by molar-refractivity contribution is 0.0696. The van der Waals surface area contributed by atoms with Gasteiger partial charge in [0.25, 0.3) is 10.0 Å². The first-order chi connectivity index (χ1) is 8.86. The molecule has 1 unspecified atom stereocenters. The average molecular weight is 304 g/mol. The summed E-state index contributed by atoms with van der Waals surface area (Å²) < 4.78 is 26.2. The van der Waals surface area contributed by atoms with Crippen molar-refractivity contribution in [2.75, 3.05) is 18.6 Å². The van der Waals surface area contributed by atoms with E-state index >= 15 is 0 Å². The fourth-order valence-electron chi connectivity index (χ4n) is 1.34. The van der Waals surface area contributed by atoms with E-state index in [-0.39, 0.29) is 16.5 Å². The van der Waals surface area contributed by atoms with Crippen molar-refractivity contribution in [3.05, 3.63) is 23.9 Å². The molecule has 0 bridgehead atoms. The zero-order valence-corrected chi connectivity index (χ0v) is 12.3. The van der Waals surface area contributed by atoms with Crippen molar-refractivity contribution >= 4 is 27.8 Å². The number of thioether (sulfide) groups is 1. The van der Waals surface area contributed by atoms with Gasteiger partial charge in [0.2, 0.25) is 0 Å². The average Bonchev–Trinajstić information content (AvgIpc) is 2.37. The van der Waals surface area contributed by atoms with Gasteiger partial charge in [0.15, 0.2) is 5.03 Å². The lowest BCUT2D eigenvalue weighted by Crippen LogP contribution is -2.29. The molecule has 1 aromatic heterocycles. The molecule has 0 aliphatic heterocycles. The molecular formula is C11H16N2O4S2. The van der Waals surface area contributed by atoms with E-state index < -0.39 is 16.0 Å². The summed E-state index contributed by atoms with van der Waals surface area (Å²) in [5, 5.41) is 8.53. The van der Waals surface area contributed by atoms with Crippen molar-refractivity contribution in [2.24, 2.45) is 5.92 Å². The number of hydrogen-bond donors (Lipinski definition) is 2. The van der Waals surface area contributed by atoms with Crippen LogP contribution in [0.1, 0.15) is 17.3 Å². The summed E-state index contributed by atoms with van der Waals surface area (Å²) in [5.41, 5.74) is -0.0466. The molecule has 1 rings (SSSR count). The second kappa shape index (κ2) is 6.88. The fraction of sp³-hybridized carbons (Fsp3) is 0.455. The van der Waals surface area contributed by atoms with E-state index in [9.17, 15) is 13.2 Å². The van der Waals surface area contributed by atoms with Crippen molar-refractivity contribution in [3.63, 3.8) is 0 Å². The number of nitrogens with zero attached hydrogens (tertiary/aromatic N) is 1. The Kier molecular flexibility index (Phi) is 5.77. The molecule has 0 saturated heterocycles.